The zero-order valence-corrected chi connectivity index (χ0v) is 28.4. The molecule has 2 aromatic rings. The maximum absolute atomic E-state index is 14.5. The summed E-state index contributed by atoms with van der Waals surface area (Å²) >= 11 is 0. The highest BCUT2D eigenvalue weighted by molar-refractivity contribution is 6.23. The van der Waals surface area contributed by atoms with Gasteiger partial charge in [0.2, 0.25) is 0 Å². The number of amides is 2. The number of rotatable bonds is 8. The quantitative estimate of drug-likeness (QED) is 0.224. The number of carbonyl (C=O) groups is 3. The molecule has 9 heteroatoms. The van der Waals surface area contributed by atoms with Crippen LogP contribution in [0.2, 0.25) is 0 Å². The lowest BCUT2D eigenvalue weighted by Gasteiger charge is -2.27. The topological polar surface area (TPSA) is 121 Å². The summed E-state index contributed by atoms with van der Waals surface area (Å²) < 4.78 is 5.00. The van der Waals surface area contributed by atoms with Crippen molar-refractivity contribution in [2.75, 3.05) is 13.7 Å². The minimum absolute atomic E-state index is 0.0816. The lowest BCUT2D eigenvalue weighted by molar-refractivity contribution is -0.140. The molecule has 0 spiro atoms. The van der Waals surface area contributed by atoms with Gasteiger partial charge < -0.3 is 14.7 Å². The molecule has 6 heterocycles. The van der Waals surface area contributed by atoms with Gasteiger partial charge in [-0.2, -0.15) is 0 Å². The molecule has 6 rings (SSSR count). The number of nitrogens with zero attached hydrogens (tertiary/aromatic N) is 3. The minimum Gasteiger partial charge on any atom is -0.469 e. The molecule has 0 radical (unpaired) electrons. The van der Waals surface area contributed by atoms with Crippen molar-refractivity contribution in [3.8, 4) is 0 Å². The van der Waals surface area contributed by atoms with Crippen LogP contribution in [-0.4, -0.2) is 56.3 Å². The van der Waals surface area contributed by atoms with Crippen molar-refractivity contribution in [1.29, 1.82) is 0 Å². The third-order valence-electron chi connectivity index (χ3n) is 10.2. The number of allylic oxidation sites excluding steroid dienone is 5. The first kappa shape index (κ1) is 32.2. The highest BCUT2D eigenvalue weighted by atomic mass is 16.5. The van der Waals surface area contributed by atoms with Gasteiger partial charge in [-0.3, -0.25) is 19.3 Å². The predicted molar refractivity (Wildman–Crippen MR) is 185 cm³/mol. The average molecular weight is 634 g/mol. The van der Waals surface area contributed by atoms with Crippen LogP contribution in [0, 0.1) is 6.92 Å². The first-order chi connectivity index (χ1) is 22.5. The fourth-order valence-corrected chi connectivity index (χ4v) is 7.32. The molecule has 0 fully saturated rings. The molecule has 9 nitrogen and oxygen atoms in total. The number of methoxy groups -OCH3 is 1. The molecule has 2 aromatic heterocycles. The first-order valence-electron chi connectivity index (χ1n) is 16.6. The summed E-state index contributed by atoms with van der Waals surface area (Å²) in [4.78, 5) is 59.5. The summed E-state index contributed by atoms with van der Waals surface area (Å²) in [6, 6.07) is 6.06. The molecule has 4 aliphatic heterocycles. The summed E-state index contributed by atoms with van der Waals surface area (Å²) in [6.45, 7) is 16.7. The second kappa shape index (κ2) is 12.4. The number of unbranched alkanes of at least 4 members (excludes halogenated alkanes) is 1. The van der Waals surface area contributed by atoms with Gasteiger partial charge in [0.05, 0.1) is 46.5 Å². The Kier molecular flexibility index (Phi) is 8.51. The molecule has 8 bridgehead atoms. The lowest BCUT2D eigenvalue weighted by atomic mass is 9.84. The van der Waals surface area contributed by atoms with Crippen LogP contribution >= 0.6 is 0 Å². The standard InChI is InChI=1S/C38H43N5O4/c1-9-12-15-43-37(45)33-22(7)29-18-31-24(11-3)20(5)27(40-31)17-30-23(10-2)19(4)26(39-30)16-28-21(6)25(13-14-32(44)47-8)35(41-28)34(38(43)46)36(33)42-29/h10,16-18,21,25,41-42H,2,9,11-15H2,1,3-8H3/t21-,25-/m0/s1. The molecular weight excluding hydrogens is 590 g/mol. The van der Waals surface area contributed by atoms with Crippen molar-refractivity contribution in [1.82, 2.24) is 24.8 Å². The highest BCUT2D eigenvalue weighted by Crippen LogP contribution is 2.44. The fraction of sp³-hybridized carbons (Fsp3) is 0.395. The number of aryl methyl sites for hydroxylation is 1. The van der Waals surface area contributed by atoms with Crippen LogP contribution in [0.3, 0.4) is 0 Å². The van der Waals surface area contributed by atoms with Crippen LogP contribution in [0.15, 0.2) is 30.9 Å². The van der Waals surface area contributed by atoms with E-state index in [2.05, 4.69) is 37.3 Å². The van der Waals surface area contributed by atoms with E-state index in [1.54, 1.807) is 0 Å². The Morgan fingerprint density at radius 3 is 2.36 bits per heavy atom. The van der Waals surface area contributed by atoms with Crippen LogP contribution in [0.25, 0.3) is 33.3 Å². The van der Waals surface area contributed by atoms with Crippen LogP contribution in [0.5, 0.6) is 0 Å². The molecule has 2 N–H and O–H groups in total. The van der Waals surface area contributed by atoms with E-state index in [0.29, 0.717) is 41.7 Å². The molecule has 2 amide bonds. The number of aromatic amines is 2. The zero-order valence-electron chi connectivity index (χ0n) is 28.4. The van der Waals surface area contributed by atoms with Gasteiger partial charge in [0.15, 0.2) is 0 Å². The summed E-state index contributed by atoms with van der Waals surface area (Å²) in [5.74, 6) is -1.24. The van der Waals surface area contributed by atoms with E-state index in [9.17, 15) is 14.4 Å². The number of hydrogen-bond donors (Lipinski definition) is 2. The van der Waals surface area contributed by atoms with Crippen molar-refractivity contribution in [3.63, 3.8) is 0 Å². The molecule has 2 atom stereocenters. The minimum atomic E-state index is -0.337. The van der Waals surface area contributed by atoms with Crippen LogP contribution in [0.1, 0.15) is 139 Å². The van der Waals surface area contributed by atoms with Gasteiger partial charge >= 0.3 is 5.97 Å². The molecule has 47 heavy (non-hydrogen) atoms. The van der Waals surface area contributed by atoms with Crippen LogP contribution < -0.4 is 0 Å². The van der Waals surface area contributed by atoms with E-state index in [4.69, 9.17) is 14.7 Å². The van der Waals surface area contributed by atoms with E-state index in [1.807, 2.05) is 45.0 Å². The number of nitrogens with one attached hydrogen (secondary N) is 2. The smallest absolute Gasteiger partial charge is 0.305 e. The predicted octanol–water partition coefficient (Wildman–Crippen LogP) is 8.04. The number of fused-ring (bicyclic) bond motifs is 8. The average Bonchev–Trinajstić information content (AvgIpc) is 3.73. The molecule has 0 aliphatic carbocycles. The first-order valence-corrected chi connectivity index (χ1v) is 16.6. The Morgan fingerprint density at radius 1 is 0.979 bits per heavy atom. The fourth-order valence-electron chi connectivity index (χ4n) is 7.32. The molecule has 0 aromatic carbocycles. The summed E-state index contributed by atoms with van der Waals surface area (Å²) in [6.07, 6.45) is 4.80. The van der Waals surface area contributed by atoms with Gasteiger partial charge in [0, 0.05) is 47.3 Å². The number of carbonyl (C=O) groups excluding carboxylic acids is 3. The third kappa shape index (κ3) is 5.22. The van der Waals surface area contributed by atoms with E-state index < -0.39 is 0 Å². The number of esters is 1. The van der Waals surface area contributed by atoms with E-state index in [0.717, 1.165) is 74.7 Å². The van der Waals surface area contributed by atoms with Gasteiger partial charge in [0.25, 0.3) is 11.8 Å². The van der Waals surface area contributed by atoms with Gasteiger partial charge in [-0.1, -0.05) is 39.8 Å². The number of H-pyrrole nitrogens is 2. The number of imide groups is 1. The summed E-state index contributed by atoms with van der Waals surface area (Å²) in [5, 5.41) is 0. The van der Waals surface area contributed by atoms with Gasteiger partial charge in [0.1, 0.15) is 0 Å². The Hall–Kier alpha value is -4.79. The SMILES string of the molecule is C=CC1=C(C)c2cc3[nH]c(c4c5[nH]c(cc6nc(cc1n2)C(C)=C6CC)c(C)c5C(=O)N(CCCC)C4=O)[C@@H](CCC(=O)OC)[C@@H]3C. The Labute approximate surface area is 275 Å². The third-order valence-corrected chi connectivity index (χ3v) is 10.2. The number of aromatic nitrogens is 4. The van der Waals surface area contributed by atoms with Gasteiger partial charge in [-0.25, -0.2) is 9.97 Å². The summed E-state index contributed by atoms with van der Waals surface area (Å²) in [5.41, 5.74) is 11.9. The largest absolute Gasteiger partial charge is 0.469 e. The number of ether oxygens (including phenoxy) is 1. The van der Waals surface area contributed by atoms with Crippen molar-refractivity contribution in [3.05, 3.63) is 81.7 Å². The zero-order chi connectivity index (χ0) is 33.7. The van der Waals surface area contributed by atoms with Crippen molar-refractivity contribution in [2.24, 2.45) is 0 Å². The van der Waals surface area contributed by atoms with Crippen molar-refractivity contribution in [2.45, 2.75) is 85.5 Å². The van der Waals surface area contributed by atoms with Crippen molar-refractivity contribution < 1.29 is 19.1 Å². The van der Waals surface area contributed by atoms with E-state index in [-0.39, 0.29) is 36.0 Å². The van der Waals surface area contributed by atoms with Crippen LogP contribution in [0.4, 0.5) is 0 Å². The lowest BCUT2D eigenvalue weighted by Crippen LogP contribution is -2.41. The van der Waals surface area contributed by atoms with Gasteiger partial charge in [-0.05, 0) is 80.5 Å². The van der Waals surface area contributed by atoms with Crippen molar-refractivity contribution >= 4 is 51.1 Å². The van der Waals surface area contributed by atoms with Gasteiger partial charge in [-0.15, -0.1) is 0 Å². The maximum atomic E-state index is 14.5. The normalized spacial score (nSPS) is 18.2. The molecule has 244 valence electrons. The Bertz CT molecular complexity index is 1990. The molecular formula is C38H43N5O4. The number of hydrogen-bond acceptors (Lipinski definition) is 6. The molecule has 0 saturated heterocycles. The summed E-state index contributed by atoms with van der Waals surface area (Å²) in [7, 11) is 1.38. The molecule has 4 aliphatic rings. The monoisotopic (exact) mass is 633 g/mol. The maximum Gasteiger partial charge on any atom is 0.305 e. The second-order valence-corrected chi connectivity index (χ2v) is 12.8. The van der Waals surface area contributed by atoms with Crippen LogP contribution in [-0.2, 0) is 9.53 Å². The Balaban J connectivity index is 1.78. The second-order valence-electron chi connectivity index (χ2n) is 12.8. The molecule has 0 saturated carbocycles. The Morgan fingerprint density at radius 2 is 1.68 bits per heavy atom. The molecule has 0 unspecified atom stereocenters. The van der Waals surface area contributed by atoms with E-state index in [1.165, 1.54) is 12.0 Å². The van der Waals surface area contributed by atoms with E-state index >= 15 is 0 Å². The highest BCUT2D eigenvalue weighted by Gasteiger charge is 2.40.